The number of primary amides is 1. The number of alkyl halides is 3. The molecule has 0 radical (unpaired) electrons. The molecule has 3 unspecified atom stereocenters. The van der Waals surface area contributed by atoms with Crippen molar-refractivity contribution >= 4 is 5.91 Å². The lowest BCUT2D eigenvalue weighted by Gasteiger charge is -2.22. The van der Waals surface area contributed by atoms with Gasteiger partial charge in [0.25, 0.3) is 0 Å². The van der Waals surface area contributed by atoms with E-state index in [1.54, 1.807) is 0 Å². The minimum absolute atomic E-state index is 0.0421. The predicted molar refractivity (Wildman–Crippen MR) is 50.6 cm³/mol. The molecule has 0 aromatic heterocycles. The number of carbonyl (C=O) groups excluding carboxylic acids is 1. The van der Waals surface area contributed by atoms with Crippen LogP contribution >= 0.6 is 0 Å². The summed E-state index contributed by atoms with van der Waals surface area (Å²) >= 11 is 0. The third kappa shape index (κ3) is 3.97. The molecule has 0 aromatic carbocycles. The van der Waals surface area contributed by atoms with Crippen LogP contribution in [0.2, 0.25) is 0 Å². The van der Waals surface area contributed by atoms with Gasteiger partial charge in [0.2, 0.25) is 5.91 Å². The van der Waals surface area contributed by atoms with E-state index in [9.17, 15) is 18.0 Å². The van der Waals surface area contributed by atoms with Crippen LogP contribution < -0.4 is 11.1 Å². The summed E-state index contributed by atoms with van der Waals surface area (Å²) in [7, 11) is 0. The van der Waals surface area contributed by atoms with E-state index in [0.717, 1.165) is 6.42 Å². The molecular formula is C9H15F3N2O2. The summed E-state index contributed by atoms with van der Waals surface area (Å²) in [5.74, 6) is -0.816. The molecule has 1 heterocycles. The van der Waals surface area contributed by atoms with Crippen LogP contribution in [0, 0.1) is 0 Å². The summed E-state index contributed by atoms with van der Waals surface area (Å²) in [6.45, 7) is 0.566. The summed E-state index contributed by atoms with van der Waals surface area (Å²) in [6, 6.07) is -1.08. The Morgan fingerprint density at radius 2 is 2.19 bits per heavy atom. The number of carbonyl (C=O) groups is 1. The van der Waals surface area contributed by atoms with Crippen molar-refractivity contribution in [3.05, 3.63) is 0 Å². The number of halogens is 3. The van der Waals surface area contributed by atoms with Gasteiger partial charge in [-0.25, -0.2) is 0 Å². The molecule has 0 aromatic rings. The first-order chi connectivity index (χ1) is 7.29. The molecular weight excluding hydrogens is 225 g/mol. The number of ether oxygens (including phenoxy) is 1. The number of hydrogen-bond donors (Lipinski definition) is 2. The molecule has 0 saturated carbocycles. The highest BCUT2D eigenvalue weighted by Gasteiger charge is 2.36. The number of hydrogen-bond acceptors (Lipinski definition) is 3. The van der Waals surface area contributed by atoms with Crippen molar-refractivity contribution in [3.8, 4) is 0 Å². The molecule has 0 spiro atoms. The van der Waals surface area contributed by atoms with Gasteiger partial charge in [-0.05, 0) is 19.8 Å². The normalized spacial score (nSPS) is 28.0. The van der Waals surface area contributed by atoms with Gasteiger partial charge in [0.1, 0.15) is 6.04 Å². The molecule has 4 nitrogen and oxygen atoms in total. The van der Waals surface area contributed by atoms with Crippen LogP contribution in [0.1, 0.15) is 19.8 Å². The van der Waals surface area contributed by atoms with E-state index in [2.05, 4.69) is 5.32 Å². The quantitative estimate of drug-likeness (QED) is 0.754. The number of rotatable bonds is 4. The second-order valence-electron chi connectivity index (χ2n) is 3.94. The van der Waals surface area contributed by atoms with Gasteiger partial charge in [0, 0.05) is 0 Å². The van der Waals surface area contributed by atoms with Gasteiger partial charge >= 0.3 is 6.18 Å². The molecule has 0 aliphatic carbocycles. The standard InChI is InChI=1S/C9H15F3N2O2/c1-5-2-3-6(16-5)7(8(13)15)14-4-9(10,11)12/h5-7,14H,2-4H2,1H3,(H2,13,15). The summed E-state index contributed by atoms with van der Waals surface area (Å²) < 4.78 is 41.3. The van der Waals surface area contributed by atoms with Crippen molar-refractivity contribution in [3.63, 3.8) is 0 Å². The van der Waals surface area contributed by atoms with Gasteiger partial charge in [-0.2, -0.15) is 13.2 Å². The first-order valence-corrected chi connectivity index (χ1v) is 5.04. The Hall–Kier alpha value is -0.820. The van der Waals surface area contributed by atoms with Crippen LogP contribution in [-0.4, -0.2) is 36.9 Å². The highest BCUT2D eigenvalue weighted by atomic mass is 19.4. The molecule has 7 heteroatoms. The van der Waals surface area contributed by atoms with Crippen LogP contribution in [0.15, 0.2) is 0 Å². The molecule has 3 N–H and O–H groups in total. The van der Waals surface area contributed by atoms with Gasteiger partial charge in [-0.15, -0.1) is 0 Å². The smallest absolute Gasteiger partial charge is 0.373 e. The molecule has 1 aliphatic rings. The fourth-order valence-electron chi connectivity index (χ4n) is 1.72. The second kappa shape index (κ2) is 5.01. The fraction of sp³-hybridized carbons (Fsp3) is 0.889. The predicted octanol–water partition coefficient (Wildman–Crippen LogP) is 0.560. The van der Waals surface area contributed by atoms with E-state index in [0.29, 0.717) is 6.42 Å². The van der Waals surface area contributed by atoms with Crippen molar-refractivity contribution in [1.82, 2.24) is 5.32 Å². The van der Waals surface area contributed by atoms with E-state index >= 15 is 0 Å². The van der Waals surface area contributed by atoms with E-state index in [1.807, 2.05) is 6.92 Å². The molecule has 94 valence electrons. The third-order valence-electron chi connectivity index (χ3n) is 2.47. The van der Waals surface area contributed by atoms with E-state index in [-0.39, 0.29) is 6.10 Å². The maximum absolute atomic E-state index is 12.0. The number of nitrogens with two attached hydrogens (primary N) is 1. The molecule has 1 fully saturated rings. The van der Waals surface area contributed by atoms with Crippen molar-refractivity contribution in [2.45, 2.75) is 44.2 Å². The van der Waals surface area contributed by atoms with Crippen molar-refractivity contribution in [1.29, 1.82) is 0 Å². The van der Waals surface area contributed by atoms with Crippen LogP contribution in [0.25, 0.3) is 0 Å². The first-order valence-electron chi connectivity index (χ1n) is 5.04. The molecule has 3 atom stereocenters. The SMILES string of the molecule is CC1CCC(C(NCC(F)(F)F)C(N)=O)O1. The number of nitrogens with one attached hydrogen (secondary N) is 1. The van der Waals surface area contributed by atoms with E-state index in [4.69, 9.17) is 10.5 Å². The summed E-state index contributed by atoms with van der Waals surface area (Å²) in [5.41, 5.74) is 5.04. The van der Waals surface area contributed by atoms with Crippen LogP contribution in [0.4, 0.5) is 13.2 Å². The Balaban J connectivity index is 2.51. The Morgan fingerprint density at radius 1 is 1.56 bits per heavy atom. The maximum Gasteiger partial charge on any atom is 0.401 e. The first kappa shape index (κ1) is 13.2. The minimum Gasteiger partial charge on any atom is -0.373 e. The summed E-state index contributed by atoms with van der Waals surface area (Å²) in [6.07, 6.45) is -3.70. The van der Waals surface area contributed by atoms with Crippen molar-refractivity contribution in [2.75, 3.05) is 6.54 Å². The Bertz CT molecular complexity index is 258. The third-order valence-corrected chi connectivity index (χ3v) is 2.47. The monoisotopic (exact) mass is 240 g/mol. The van der Waals surface area contributed by atoms with Crippen LogP contribution in [0.3, 0.4) is 0 Å². The van der Waals surface area contributed by atoms with Crippen LogP contribution in [-0.2, 0) is 9.53 Å². The Morgan fingerprint density at radius 3 is 2.56 bits per heavy atom. The van der Waals surface area contributed by atoms with Gasteiger partial charge in [-0.1, -0.05) is 0 Å². The van der Waals surface area contributed by atoms with E-state index < -0.39 is 30.8 Å². The van der Waals surface area contributed by atoms with Gasteiger partial charge in [0.05, 0.1) is 18.8 Å². The summed E-state index contributed by atoms with van der Waals surface area (Å²) in [5, 5.41) is 2.10. The van der Waals surface area contributed by atoms with Gasteiger partial charge in [0.15, 0.2) is 0 Å². The molecule has 1 rings (SSSR count). The van der Waals surface area contributed by atoms with Crippen LogP contribution in [0.5, 0.6) is 0 Å². The Kier molecular flexibility index (Phi) is 4.15. The van der Waals surface area contributed by atoms with E-state index in [1.165, 1.54) is 0 Å². The topological polar surface area (TPSA) is 64.3 Å². The summed E-state index contributed by atoms with van der Waals surface area (Å²) in [4.78, 5) is 11.0. The highest BCUT2D eigenvalue weighted by Crippen LogP contribution is 2.22. The average Bonchev–Trinajstić information content (AvgIpc) is 2.49. The lowest BCUT2D eigenvalue weighted by molar-refractivity contribution is -0.134. The molecule has 1 saturated heterocycles. The zero-order valence-corrected chi connectivity index (χ0v) is 8.88. The lowest BCUT2D eigenvalue weighted by atomic mass is 10.1. The maximum atomic E-state index is 12.0. The zero-order valence-electron chi connectivity index (χ0n) is 8.88. The van der Waals surface area contributed by atoms with Gasteiger partial charge in [-0.3, -0.25) is 10.1 Å². The molecule has 0 bridgehead atoms. The largest absolute Gasteiger partial charge is 0.401 e. The zero-order chi connectivity index (χ0) is 12.3. The average molecular weight is 240 g/mol. The van der Waals surface area contributed by atoms with Crippen molar-refractivity contribution in [2.24, 2.45) is 5.73 Å². The Labute approximate surface area is 91.3 Å². The number of amides is 1. The fourth-order valence-corrected chi connectivity index (χ4v) is 1.72. The lowest BCUT2D eigenvalue weighted by Crippen LogP contribution is -2.51. The highest BCUT2D eigenvalue weighted by molar-refractivity contribution is 5.80. The minimum atomic E-state index is -4.36. The molecule has 1 aliphatic heterocycles. The molecule has 1 amide bonds. The second-order valence-corrected chi connectivity index (χ2v) is 3.94. The van der Waals surface area contributed by atoms with Gasteiger partial charge < -0.3 is 10.5 Å². The van der Waals surface area contributed by atoms with Crippen molar-refractivity contribution < 1.29 is 22.7 Å². The molecule has 16 heavy (non-hydrogen) atoms.